The van der Waals surface area contributed by atoms with E-state index in [9.17, 15) is 8.42 Å². The van der Waals surface area contributed by atoms with Crippen LogP contribution in [0, 0.1) is 5.92 Å². The van der Waals surface area contributed by atoms with Gasteiger partial charge in [0.1, 0.15) is 9.84 Å². The van der Waals surface area contributed by atoms with Crippen LogP contribution in [-0.2, 0) is 9.84 Å². The van der Waals surface area contributed by atoms with Gasteiger partial charge in [-0.3, -0.25) is 4.90 Å². The standard InChI is InChI=1S/C15H30N2O2S/c1-4-13(2)14-11-16-15(7-5-6-8-15)12-17(14)9-10-20(3,18)19/h13-14,16H,4-12H2,1-3H3. The number of nitrogens with one attached hydrogen (secondary N) is 1. The summed E-state index contributed by atoms with van der Waals surface area (Å²) in [6.07, 6.45) is 7.60. The zero-order chi connectivity index (χ0) is 14.8. The fourth-order valence-electron chi connectivity index (χ4n) is 3.76. The van der Waals surface area contributed by atoms with Gasteiger partial charge in [0.05, 0.1) is 5.75 Å². The number of nitrogens with zero attached hydrogens (tertiary/aromatic N) is 1. The Balaban J connectivity index is 2.06. The molecular weight excluding hydrogens is 272 g/mol. The van der Waals surface area contributed by atoms with E-state index in [2.05, 4.69) is 24.1 Å². The van der Waals surface area contributed by atoms with Gasteiger partial charge < -0.3 is 5.32 Å². The van der Waals surface area contributed by atoms with Gasteiger partial charge in [0, 0.05) is 37.5 Å². The molecule has 0 aromatic rings. The lowest BCUT2D eigenvalue weighted by Crippen LogP contribution is -2.65. The quantitative estimate of drug-likeness (QED) is 0.839. The summed E-state index contributed by atoms with van der Waals surface area (Å²) >= 11 is 0. The fraction of sp³-hybridized carbons (Fsp3) is 1.00. The molecule has 0 radical (unpaired) electrons. The lowest BCUT2D eigenvalue weighted by Gasteiger charge is -2.48. The van der Waals surface area contributed by atoms with Crippen molar-refractivity contribution in [3.63, 3.8) is 0 Å². The zero-order valence-corrected chi connectivity index (χ0v) is 14.0. The predicted molar refractivity (Wildman–Crippen MR) is 83.7 cm³/mol. The number of hydrogen-bond acceptors (Lipinski definition) is 4. The van der Waals surface area contributed by atoms with Crippen molar-refractivity contribution in [3.05, 3.63) is 0 Å². The molecule has 1 spiro atoms. The van der Waals surface area contributed by atoms with Crippen LogP contribution in [0.4, 0.5) is 0 Å². The summed E-state index contributed by atoms with van der Waals surface area (Å²) in [5.74, 6) is 0.900. The third kappa shape index (κ3) is 3.95. The van der Waals surface area contributed by atoms with E-state index < -0.39 is 9.84 Å². The molecule has 5 heteroatoms. The van der Waals surface area contributed by atoms with Crippen LogP contribution in [-0.4, -0.2) is 56.5 Å². The lowest BCUT2D eigenvalue weighted by atomic mass is 9.88. The second kappa shape index (κ2) is 6.32. The minimum atomic E-state index is -2.88. The van der Waals surface area contributed by atoms with Gasteiger partial charge in [0.2, 0.25) is 0 Å². The summed E-state index contributed by atoms with van der Waals surface area (Å²) in [5.41, 5.74) is 0.265. The Kier molecular flexibility index (Phi) is 5.14. The van der Waals surface area contributed by atoms with Gasteiger partial charge in [-0.25, -0.2) is 8.42 Å². The minimum absolute atomic E-state index is 0.265. The van der Waals surface area contributed by atoms with Crippen molar-refractivity contribution in [3.8, 4) is 0 Å². The highest BCUT2D eigenvalue weighted by Gasteiger charge is 2.42. The molecule has 2 aliphatic rings. The fourth-order valence-corrected chi connectivity index (χ4v) is 4.33. The molecule has 2 rings (SSSR count). The molecule has 1 aliphatic heterocycles. The summed E-state index contributed by atoms with van der Waals surface area (Å²) in [5, 5.41) is 3.80. The molecular formula is C15H30N2O2S. The molecule has 2 unspecified atom stereocenters. The van der Waals surface area contributed by atoms with Crippen LogP contribution in [0.15, 0.2) is 0 Å². The van der Waals surface area contributed by atoms with Crippen molar-refractivity contribution in [2.24, 2.45) is 5.92 Å². The molecule has 0 aromatic heterocycles. The maximum absolute atomic E-state index is 11.5. The van der Waals surface area contributed by atoms with Crippen molar-refractivity contribution >= 4 is 9.84 Å². The van der Waals surface area contributed by atoms with Crippen molar-refractivity contribution in [2.45, 2.75) is 57.5 Å². The average Bonchev–Trinajstić information content (AvgIpc) is 2.83. The third-order valence-electron chi connectivity index (χ3n) is 5.27. The second-order valence-electron chi connectivity index (χ2n) is 6.92. The SMILES string of the molecule is CCC(C)C1CNC2(CCCC2)CN1CCS(C)(=O)=O. The van der Waals surface area contributed by atoms with Crippen molar-refractivity contribution in [1.29, 1.82) is 0 Å². The van der Waals surface area contributed by atoms with Crippen molar-refractivity contribution in [2.75, 3.05) is 31.6 Å². The van der Waals surface area contributed by atoms with E-state index in [1.807, 2.05) is 0 Å². The van der Waals surface area contributed by atoms with Gasteiger partial charge >= 0.3 is 0 Å². The molecule has 4 nitrogen and oxygen atoms in total. The molecule has 0 aromatic carbocycles. The Hall–Kier alpha value is -0.130. The first-order chi connectivity index (χ1) is 9.35. The molecule has 1 heterocycles. The highest BCUT2D eigenvalue weighted by molar-refractivity contribution is 7.90. The molecule has 20 heavy (non-hydrogen) atoms. The normalized spacial score (nSPS) is 28.9. The van der Waals surface area contributed by atoms with Crippen LogP contribution in [0.25, 0.3) is 0 Å². The molecule has 1 saturated carbocycles. The van der Waals surface area contributed by atoms with Crippen LogP contribution in [0.2, 0.25) is 0 Å². The molecule has 0 amide bonds. The van der Waals surface area contributed by atoms with E-state index >= 15 is 0 Å². The number of rotatable bonds is 5. The number of piperazine rings is 1. The molecule has 1 saturated heterocycles. The first-order valence-electron chi connectivity index (χ1n) is 8.02. The summed E-state index contributed by atoms with van der Waals surface area (Å²) in [6.45, 7) is 7.24. The third-order valence-corrected chi connectivity index (χ3v) is 6.20. The monoisotopic (exact) mass is 302 g/mol. The highest BCUT2D eigenvalue weighted by atomic mass is 32.2. The minimum Gasteiger partial charge on any atom is -0.308 e. The van der Waals surface area contributed by atoms with Crippen LogP contribution >= 0.6 is 0 Å². The Labute approximate surface area is 124 Å². The van der Waals surface area contributed by atoms with E-state index in [0.717, 1.165) is 19.5 Å². The predicted octanol–water partition coefficient (Wildman–Crippen LogP) is 1.66. The molecule has 0 bridgehead atoms. The summed E-state index contributed by atoms with van der Waals surface area (Å²) in [4.78, 5) is 2.46. The van der Waals surface area contributed by atoms with E-state index in [0.29, 0.717) is 18.5 Å². The van der Waals surface area contributed by atoms with Gasteiger partial charge in [-0.15, -0.1) is 0 Å². The Morgan fingerprint density at radius 3 is 2.55 bits per heavy atom. The number of hydrogen-bond donors (Lipinski definition) is 1. The summed E-state index contributed by atoms with van der Waals surface area (Å²) in [6, 6.07) is 0.480. The largest absolute Gasteiger partial charge is 0.308 e. The van der Waals surface area contributed by atoms with Crippen molar-refractivity contribution in [1.82, 2.24) is 10.2 Å². The smallest absolute Gasteiger partial charge is 0.148 e. The zero-order valence-electron chi connectivity index (χ0n) is 13.2. The summed E-state index contributed by atoms with van der Waals surface area (Å²) < 4.78 is 23.0. The molecule has 1 aliphatic carbocycles. The average molecular weight is 302 g/mol. The van der Waals surface area contributed by atoms with E-state index in [-0.39, 0.29) is 11.3 Å². The second-order valence-corrected chi connectivity index (χ2v) is 9.18. The maximum Gasteiger partial charge on any atom is 0.148 e. The topological polar surface area (TPSA) is 49.4 Å². The van der Waals surface area contributed by atoms with Crippen LogP contribution in [0.5, 0.6) is 0 Å². The summed E-state index contributed by atoms with van der Waals surface area (Å²) in [7, 11) is -2.88. The van der Waals surface area contributed by atoms with Crippen LogP contribution in [0.1, 0.15) is 46.0 Å². The first kappa shape index (κ1) is 16.2. The molecule has 2 fully saturated rings. The van der Waals surface area contributed by atoms with Crippen LogP contribution < -0.4 is 5.32 Å². The first-order valence-corrected chi connectivity index (χ1v) is 10.1. The molecule has 118 valence electrons. The van der Waals surface area contributed by atoms with Crippen molar-refractivity contribution < 1.29 is 8.42 Å². The van der Waals surface area contributed by atoms with E-state index in [1.165, 1.54) is 31.9 Å². The molecule has 2 atom stereocenters. The van der Waals surface area contributed by atoms with E-state index in [4.69, 9.17) is 0 Å². The highest BCUT2D eigenvalue weighted by Crippen LogP contribution is 2.34. The Morgan fingerprint density at radius 1 is 1.35 bits per heavy atom. The van der Waals surface area contributed by atoms with Crippen LogP contribution in [0.3, 0.4) is 0 Å². The van der Waals surface area contributed by atoms with Gasteiger partial charge in [-0.05, 0) is 18.8 Å². The lowest BCUT2D eigenvalue weighted by molar-refractivity contribution is 0.0571. The van der Waals surface area contributed by atoms with Gasteiger partial charge in [-0.2, -0.15) is 0 Å². The molecule has 1 N–H and O–H groups in total. The number of sulfone groups is 1. The van der Waals surface area contributed by atoms with Gasteiger partial charge in [-0.1, -0.05) is 33.1 Å². The van der Waals surface area contributed by atoms with Gasteiger partial charge in [0.15, 0.2) is 0 Å². The Bertz CT molecular complexity index is 416. The van der Waals surface area contributed by atoms with Gasteiger partial charge in [0.25, 0.3) is 0 Å². The Morgan fingerprint density at radius 2 is 2.00 bits per heavy atom. The van der Waals surface area contributed by atoms with E-state index in [1.54, 1.807) is 0 Å². The maximum atomic E-state index is 11.5.